The molecule has 0 fully saturated rings. The van der Waals surface area contributed by atoms with Crippen LogP contribution in [0.25, 0.3) is 0 Å². The minimum atomic E-state index is 1.26. The second-order valence-electron chi connectivity index (χ2n) is 2.68. The van der Waals surface area contributed by atoms with Gasteiger partial charge in [0.25, 0.3) is 0 Å². The highest BCUT2D eigenvalue weighted by Crippen LogP contribution is 1.88. The summed E-state index contributed by atoms with van der Waals surface area (Å²) in [6, 6.07) is 15.9. The lowest BCUT2D eigenvalue weighted by atomic mass is 10.3. The fourth-order valence-electron chi connectivity index (χ4n) is 0.811. The molecule has 1 heteroatoms. The third-order valence-electron chi connectivity index (χ3n) is 1.51. The molecular formula is C14H19N. The van der Waals surface area contributed by atoms with E-state index < -0.39 is 0 Å². The molecule has 2 rings (SSSR count). The first-order valence-electron chi connectivity index (χ1n) is 5.26. The van der Waals surface area contributed by atoms with E-state index in [1.807, 2.05) is 69.3 Å². The molecular weight excluding hydrogens is 182 g/mol. The van der Waals surface area contributed by atoms with E-state index in [9.17, 15) is 0 Å². The van der Waals surface area contributed by atoms with Gasteiger partial charge >= 0.3 is 0 Å². The Kier molecular flexibility index (Phi) is 9.32. The molecule has 1 aromatic heterocycles. The predicted octanol–water partition coefficient (Wildman–Crippen LogP) is 4.10. The average Bonchev–Trinajstić information content (AvgIpc) is 2.36. The summed E-state index contributed by atoms with van der Waals surface area (Å²) in [5, 5.41) is 0. The Labute approximate surface area is 92.8 Å². The van der Waals surface area contributed by atoms with E-state index in [2.05, 4.69) is 4.98 Å². The molecule has 2 aromatic rings. The van der Waals surface area contributed by atoms with Gasteiger partial charge in [-0.3, -0.25) is 4.98 Å². The van der Waals surface area contributed by atoms with Crippen molar-refractivity contribution in [3.05, 3.63) is 66.5 Å². The van der Waals surface area contributed by atoms with Gasteiger partial charge in [0.2, 0.25) is 0 Å². The molecule has 0 atom stereocenters. The van der Waals surface area contributed by atoms with E-state index in [0.29, 0.717) is 0 Å². The van der Waals surface area contributed by atoms with Crippen LogP contribution in [0.1, 0.15) is 19.4 Å². The van der Waals surface area contributed by atoms with Crippen molar-refractivity contribution < 1.29 is 0 Å². The summed E-state index contributed by atoms with van der Waals surface area (Å²) < 4.78 is 0. The van der Waals surface area contributed by atoms with Crippen LogP contribution in [0.15, 0.2) is 60.9 Å². The molecule has 80 valence electrons. The molecule has 0 amide bonds. The Balaban J connectivity index is 0.000000227. The molecule has 0 saturated heterocycles. The maximum Gasteiger partial charge on any atom is 0.0270 e. The van der Waals surface area contributed by atoms with Crippen molar-refractivity contribution in [1.82, 2.24) is 4.98 Å². The zero-order chi connectivity index (χ0) is 11.4. The lowest BCUT2D eigenvalue weighted by molar-refractivity contribution is 1.29. The lowest BCUT2D eigenvalue weighted by Crippen LogP contribution is -1.68. The van der Waals surface area contributed by atoms with Crippen molar-refractivity contribution in [3.8, 4) is 0 Å². The first-order valence-corrected chi connectivity index (χ1v) is 5.26. The third-order valence-corrected chi connectivity index (χ3v) is 1.51. The van der Waals surface area contributed by atoms with Crippen LogP contribution < -0.4 is 0 Å². The van der Waals surface area contributed by atoms with Gasteiger partial charge in [-0.1, -0.05) is 50.2 Å². The first kappa shape index (κ1) is 13.4. The van der Waals surface area contributed by atoms with Crippen LogP contribution >= 0.6 is 0 Å². The summed E-state index contributed by atoms with van der Waals surface area (Å²) in [4.78, 5) is 3.85. The second-order valence-corrected chi connectivity index (χ2v) is 2.68. The molecule has 0 saturated carbocycles. The maximum atomic E-state index is 3.85. The van der Waals surface area contributed by atoms with E-state index in [-0.39, 0.29) is 0 Å². The van der Waals surface area contributed by atoms with E-state index in [4.69, 9.17) is 0 Å². The topological polar surface area (TPSA) is 12.9 Å². The number of aryl methyl sites for hydroxylation is 1. The number of rotatable bonds is 0. The van der Waals surface area contributed by atoms with Gasteiger partial charge in [0.05, 0.1) is 0 Å². The van der Waals surface area contributed by atoms with Gasteiger partial charge < -0.3 is 0 Å². The first-order chi connectivity index (χ1) is 7.39. The van der Waals surface area contributed by atoms with Crippen molar-refractivity contribution in [2.45, 2.75) is 20.8 Å². The molecule has 0 spiro atoms. The van der Waals surface area contributed by atoms with Gasteiger partial charge in [0, 0.05) is 12.4 Å². The Bertz CT molecular complexity index is 276. The molecule has 0 aliphatic heterocycles. The summed E-state index contributed by atoms with van der Waals surface area (Å²) in [5.41, 5.74) is 1.26. The summed E-state index contributed by atoms with van der Waals surface area (Å²) in [6.45, 7) is 6.04. The number of hydrogen-bond acceptors (Lipinski definition) is 1. The van der Waals surface area contributed by atoms with Crippen molar-refractivity contribution in [1.29, 1.82) is 0 Å². The molecule has 0 bridgehead atoms. The minimum Gasteiger partial charge on any atom is -0.265 e. The van der Waals surface area contributed by atoms with Crippen LogP contribution in [0.5, 0.6) is 0 Å². The fraction of sp³-hybridized carbons (Fsp3) is 0.214. The third kappa shape index (κ3) is 8.69. The number of hydrogen-bond donors (Lipinski definition) is 0. The van der Waals surface area contributed by atoms with Crippen LogP contribution in [-0.4, -0.2) is 4.98 Å². The maximum absolute atomic E-state index is 3.85. The van der Waals surface area contributed by atoms with E-state index in [1.54, 1.807) is 12.4 Å². The Morgan fingerprint density at radius 1 is 0.733 bits per heavy atom. The molecule has 0 N–H and O–H groups in total. The van der Waals surface area contributed by atoms with Crippen molar-refractivity contribution in [3.63, 3.8) is 0 Å². The molecule has 0 radical (unpaired) electrons. The summed E-state index contributed by atoms with van der Waals surface area (Å²) in [7, 11) is 0. The Morgan fingerprint density at radius 3 is 1.27 bits per heavy atom. The van der Waals surface area contributed by atoms with E-state index >= 15 is 0 Å². The van der Waals surface area contributed by atoms with Crippen molar-refractivity contribution in [2.24, 2.45) is 0 Å². The molecule has 1 heterocycles. The Hall–Kier alpha value is -1.63. The summed E-state index contributed by atoms with van der Waals surface area (Å²) in [5.74, 6) is 0. The zero-order valence-electron chi connectivity index (χ0n) is 9.72. The molecule has 0 unspecified atom stereocenters. The predicted molar refractivity (Wildman–Crippen MR) is 66.8 cm³/mol. The van der Waals surface area contributed by atoms with E-state index in [0.717, 1.165) is 0 Å². The van der Waals surface area contributed by atoms with Gasteiger partial charge in [0.1, 0.15) is 0 Å². The summed E-state index contributed by atoms with van der Waals surface area (Å²) >= 11 is 0. The number of nitrogens with zero attached hydrogens (tertiary/aromatic N) is 1. The standard InChI is InChI=1S/C6H7N.C6H6.C2H6/c1-6-2-4-7-5-3-6;1-2-4-6-5-3-1;1-2/h2-5H,1H3;1-6H;1-2H3. The second kappa shape index (κ2) is 10.5. The van der Waals surface area contributed by atoms with Gasteiger partial charge in [-0.25, -0.2) is 0 Å². The van der Waals surface area contributed by atoms with Gasteiger partial charge in [-0.05, 0) is 24.6 Å². The average molecular weight is 201 g/mol. The summed E-state index contributed by atoms with van der Waals surface area (Å²) in [6.07, 6.45) is 3.57. The van der Waals surface area contributed by atoms with Crippen LogP contribution in [0.3, 0.4) is 0 Å². The number of pyridine rings is 1. The highest BCUT2D eigenvalue weighted by molar-refractivity contribution is 5.05. The van der Waals surface area contributed by atoms with Crippen molar-refractivity contribution in [2.75, 3.05) is 0 Å². The molecule has 0 aliphatic rings. The van der Waals surface area contributed by atoms with Crippen LogP contribution in [-0.2, 0) is 0 Å². The number of aromatic nitrogens is 1. The van der Waals surface area contributed by atoms with Gasteiger partial charge in [0.15, 0.2) is 0 Å². The zero-order valence-corrected chi connectivity index (χ0v) is 9.72. The van der Waals surface area contributed by atoms with Gasteiger partial charge in [-0.15, -0.1) is 0 Å². The van der Waals surface area contributed by atoms with Gasteiger partial charge in [-0.2, -0.15) is 0 Å². The van der Waals surface area contributed by atoms with E-state index in [1.165, 1.54) is 5.56 Å². The lowest BCUT2D eigenvalue weighted by Gasteiger charge is -1.82. The van der Waals surface area contributed by atoms with Crippen LogP contribution in [0, 0.1) is 6.92 Å². The largest absolute Gasteiger partial charge is 0.265 e. The SMILES string of the molecule is CC.Cc1ccncc1.c1ccccc1. The monoisotopic (exact) mass is 201 g/mol. The highest BCUT2D eigenvalue weighted by Gasteiger charge is 1.72. The quantitative estimate of drug-likeness (QED) is 0.625. The van der Waals surface area contributed by atoms with Crippen molar-refractivity contribution >= 4 is 0 Å². The number of benzene rings is 1. The molecule has 15 heavy (non-hydrogen) atoms. The minimum absolute atomic E-state index is 1.26. The normalized spacial score (nSPS) is 7.67. The molecule has 1 aromatic carbocycles. The smallest absolute Gasteiger partial charge is 0.0270 e. The highest BCUT2D eigenvalue weighted by atomic mass is 14.6. The van der Waals surface area contributed by atoms with Crippen LogP contribution in [0.2, 0.25) is 0 Å². The molecule has 1 nitrogen and oxygen atoms in total. The van der Waals surface area contributed by atoms with Crippen LogP contribution in [0.4, 0.5) is 0 Å². The molecule has 0 aliphatic carbocycles. The Morgan fingerprint density at radius 2 is 1.07 bits per heavy atom. The fourth-order valence-corrected chi connectivity index (χ4v) is 0.811.